The van der Waals surface area contributed by atoms with Gasteiger partial charge in [-0.05, 0) is 12.8 Å². The first-order chi connectivity index (χ1) is 9.02. The summed E-state index contributed by atoms with van der Waals surface area (Å²) in [6, 6.07) is -0.332. The van der Waals surface area contributed by atoms with Crippen LogP contribution in [0.3, 0.4) is 0 Å². The molecule has 0 spiro atoms. The Bertz CT molecular complexity index is 313. The van der Waals surface area contributed by atoms with E-state index < -0.39 is 11.9 Å². The average Bonchev–Trinajstić information content (AvgIpc) is 2.86. The van der Waals surface area contributed by atoms with Crippen LogP contribution in [0.4, 0.5) is 0 Å². The van der Waals surface area contributed by atoms with Crippen molar-refractivity contribution in [1.29, 1.82) is 0 Å². The number of carboxylic acids is 1. The highest BCUT2D eigenvalue weighted by Crippen LogP contribution is 2.23. The first-order valence-electron chi connectivity index (χ1n) is 7.10. The maximum atomic E-state index is 12.5. The van der Waals surface area contributed by atoms with E-state index in [1.807, 2.05) is 0 Å². The van der Waals surface area contributed by atoms with E-state index >= 15 is 0 Å². The minimum absolute atomic E-state index is 0.00930. The van der Waals surface area contributed by atoms with E-state index in [-0.39, 0.29) is 24.5 Å². The van der Waals surface area contributed by atoms with Crippen molar-refractivity contribution in [1.82, 2.24) is 4.90 Å². The summed E-state index contributed by atoms with van der Waals surface area (Å²) in [6.07, 6.45) is 3.66. The highest BCUT2D eigenvalue weighted by Gasteiger charge is 2.39. The quantitative estimate of drug-likeness (QED) is 0.766. The van der Waals surface area contributed by atoms with Gasteiger partial charge in [0.25, 0.3) is 0 Å². The Morgan fingerprint density at radius 3 is 2.32 bits per heavy atom. The minimum Gasteiger partial charge on any atom is -0.481 e. The van der Waals surface area contributed by atoms with Crippen LogP contribution >= 0.6 is 0 Å². The first-order valence-corrected chi connectivity index (χ1v) is 7.10. The molecule has 2 unspecified atom stereocenters. The van der Waals surface area contributed by atoms with Gasteiger partial charge in [-0.3, -0.25) is 9.59 Å². The standard InChI is InChI=1S/C14H25NO4/c1-4-6-10(7-5-2)13(16)15(3)12-9-19-8-11(12)14(17)18/h10-12H,4-9H2,1-3H3,(H,17,18). The molecule has 110 valence electrons. The van der Waals surface area contributed by atoms with E-state index in [1.54, 1.807) is 11.9 Å². The summed E-state index contributed by atoms with van der Waals surface area (Å²) in [5, 5.41) is 9.14. The average molecular weight is 271 g/mol. The molecule has 1 heterocycles. The number of aliphatic carboxylic acids is 1. The molecule has 0 aromatic heterocycles. The van der Waals surface area contributed by atoms with Gasteiger partial charge in [-0.25, -0.2) is 0 Å². The largest absolute Gasteiger partial charge is 0.481 e. The molecule has 5 heteroatoms. The number of ether oxygens (including phenoxy) is 1. The van der Waals surface area contributed by atoms with Crippen molar-refractivity contribution < 1.29 is 19.4 Å². The van der Waals surface area contributed by atoms with Crippen LogP contribution in [0.1, 0.15) is 39.5 Å². The lowest BCUT2D eigenvalue weighted by Gasteiger charge is -2.30. The number of carboxylic acid groups (broad SMARTS) is 1. The Hall–Kier alpha value is -1.10. The zero-order chi connectivity index (χ0) is 14.4. The van der Waals surface area contributed by atoms with Gasteiger partial charge in [0.05, 0.1) is 19.3 Å². The van der Waals surface area contributed by atoms with E-state index in [0.29, 0.717) is 6.61 Å². The van der Waals surface area contributed by atoms with Crippen LogP contribution in [-0.4, -0.2) is 48.2 Å². The molecule has 1 amide bonds. The summed E-state index contributed by atoms with van der Waals surface area (Å²) >= 11 is 0. The van der Waals surface area contributed by atoms with Crippen molar-refractivity contribution in [2.45, 2.75) is 45.6 Å². The Morgan fingerprint density at radius 1 is 1.26 bits per heavy atom. The van der Waals surface area contributed by atoms with E-state index in [4.69, 9.17) is 9.84 Å². The summed E-state index contributed by atoms with van der Waals surface area (Å²) < 4.78 is 5.23. The van der Waals surface area contributed by atoms with Gasteiger partial charge >= 0.3 is 5.97 Å². The zero-order valence-electron chi connectivity index (χ0n) is 12.1. The molecule has 5 nitrogen and oxygen atoms in total. The third-order valence-electron chi connectivity index (χ3n) is 3.84. The number of likely N-dealkylation sites (N-methyl/N-ethyl adjacent to an activating group) is 1. The van der Waals surface area contributed by atoms with E-state index in [0.717, 1.165) is 25.7 Å². The summed E-state index contributed by atoms with van der Waals surface area (Å²) in [7, 11) is 1.70. The molecule has 0 radical (unpaired) electrons. The normalized spacial score (nSPS) is 22.7. The molecule has 1 aliphatic rings. The second kappa shape index (κ2) is 7.48. The third-order valence-corrected chi connectivity index (χ3v) is 3.84. The lowest BCUT2D eigenvalue weighted by Crippen LogP contribution is -2.46. The highest BCUT2D eigenvalue weighted by molar-refractivity contribution is 5.80. The van der Waals surface area contributed by atoms with Crippen LogP contribution in [0.2, 0.25) is 0 Å². The second-order valence-corrected chi connectivity index (χ2v) is 5.27. The molecule has 1 saturated heterocycles. The molecule has 1 fully saturated rings. The number of carbonyl (C=O) groups excluding carboxylic acids is 1. The van der Waals surface area contributed by atoms with Gasteiger partial charge in [0.1, 0.15) is 5.92 Å². The van der Waals surface area contributed by atoms with Gasteiger partial charge in [0, 0.05) is 13.0 Å². The molecular formula is C14H25NO4. The molecular weight excluding hydrogens is 246 g/mol. The third kappa shape index (κ3) is 3.93. The predicted octanol–water partition coefficient (Wildman–Crippen LogP) is 1.76. The smallest absolute Gasteiger partial charge is 0.311 e. The molecule has 19 heavy (non-hydrogen) atoms. The molecule has 1 aliphatic heterocycles. The van der Waals surface area contributed by atoms with Crippen LogP contribution in [0.15, 0.2) is 0 Å². The fourth-order valence-electron chi connectivity index (χ4n) is 2.70. The van der Waals surface area contributed by atoms with Crippen LogP contribution in [0.5, 0.6) is 0 Å². The SMILES string of the molecule is CCCC(CCC)C(=O)N(C)C1COCC1C(=O)O. The van der Waals surface area contributed by atoms with Crippen LogP contribution in [0.25, 0.3) is 0 Å². The zero-order valence-corrected chi connectivity index (χ0v) is 12.1. The van der Waals surface area contributed by atoms with E-state index in [2.05, 4.69) is 13.8 Å². The summed E-state index contributed by atoms with van der Waals surface area (Å²) in [4.78, 5) is 25.2. The summed E-state index contributed by atoms with van der Waals surface area (Å²) in [6.45, 7) is 4.65. The molecule has 1 rings (SSSR count). The summed E-state index contributed by atoms with van der Waals surface area (Å²) in [5.74, 6) is -1.41. The van der Waals surface area contributed by atoms with Crippen LogP contribution in [-0.2, 0) is 14.3 Å². The van der Waals surface area contributed by atoms with Gasteiger partial charge in [0.2, 0.25) is 5.91 Å². The van der Waals surface area contributed by atoms with Crippen molar-refractivity contribution in [3.05, 3.63) is 0 Å². The lowest BCUT2D eigenvalue weighted by atomic mass is 9.94. The molecule has 0 aromatic rings. The number of hydrogen-bond acceptors (Lipinski definition) is 3. The Balaban J connectivity index is 2.71. The lowest BCUT2D eigenvalue weighted by molar-refractivity contribution is -0.145. The molecule has 2 atom stereocenters. The number of nitrogens with zero attached hydrogens (tertiary/aromatic N) is 1. The molecule has 0 aromatic carbocycles. The molecule has 0 saturated carbocycles. The molecule has 1 N–H and O–H groups in total. The molecule has 0 aliphatic carbocycles. The van der Waals surface area contributed by atoms with Crippen molar-refractivity contribution in [2.24, 2.45) is 11.8 Å². The first kappa shape index (κ1) is 16.0. The Labute approximate surface area is 114 Å². The van der Waals surface area contributed by atoms with E-state index in [1.165, 1.54) is 0 Å². The number of hydrogen-bond donors (Lipinski definition) is 1. The number of amides is 1. The van der Waals surface area contributed by atoms with Crippen molar-refractivity contribution in [3.63, 3.8) is 0 Å². The summed E-state index contributed by atoms with van der Waals surface area (Å²) in [5.41, 5.74) is 0. The molecule has 0 bridgehead atoms. The van der Waals surface area contributed by atoms with Crippen molar-refractivity contribution in [2.75, 3.05) is 20.3 Å². The Kier molecular flexibility index (Phi) is 6.28. The monoisotopic (exact) mass is 271 g/mol. The van der Waals surface area contributed by atoms with Gasteiger partial charge in [-0.15, -0.1) is 0 Å². The van der Waals surface area contributed by atoms with Crippen molar-refractivity contribution in [3.8, 4) is 0 Å². The minimum atomic E-state index is -0.885. The predicted molar refractivity (Wildman–Crippen MR) is 71.8 cm³/mol. The Morgan fingerprint density at radius 2 is 1.84 bits per heavy atom. The maximum absolute atomic E-state index is 12.5. The second-order valence-electron chi connectivity index (χ2n) is 5.27. The van der Waals surface area contributed by atoms with Crippen LogP contribution in [0, 0.1) is 11.8 Å². The highest BCUT2D eigenvalue weighted by atomic mass is 16.5. The maximum Gasteiger partial charge on any atom is 0.311 e. The fourth-order valence-corrected chi connectivity index (χ4v) is 2.70. The topological polar surface area (TPSA) is 66.8 Å². The van der Waals surface area contributed by atoms with Gasteiger partial charge < -0.3 is 14.7 Å². The van der Waals surface area contributed by atoms with Gasteiger partial charge in [-0.2, -0.15) is 0 Å². The van der Waals surface area contributed by atoms with Crippen LogP contribution < -0.4 is 0 Å². The van der Waals surface area contributed by atoms with Gasteiger partial charge in [-0.1, -0.05) is 26.7 Å². The van der Waals surface area contributed by atoms with E-state index in [9.17, 15) is 9.59 Å². The number of carbonyl (C=O) groups is 2. The van der Waals surface area contributed by atoms with Crippen molar-refractivity contribution >= 4 is 11.9 Å². The van der Waals surface area contributed by atoms with Gasteiger partial charge in [0.15, 0.2) is 0 Å². The fraction of sp³-hybridized carbons (Fsp3) is 0.857. The number of rotatable bonds is 7.